The van der Waals surface area contributed by atoms with Crippen LogP contribution in [0.15, 0.2) is 22.7 Å². The van der Waals surface area contributed by atoms with Crippen molar-refractivity contribution in [2.75, 3.05) is 13.2 Å². The number of benzene rings is 1. The zero-order chi connectivity index (χ0) is 15.1. The van der Waals surface area contributed by atoms with Crippen LogP contribution in [-0.2, 0) is 4.74 Å². The number of rotatable bonds is 6. The van der Waals surface area contributed by atoms with Crippen molar-refractivity contribution in [3.05, 3.63) is 33.8 Å². The predicted octanol–water partition coefficient (Wildman–Crippen LogP) is 4.23. The van der Waals surface area contributed by atoms with Crippen molar-refractivity contribution in [3.8, 4) is 0 Å². The lowest BCUT2D eigenvalue weighted by Crippen LogP contribution is -2.26. The van der Waals surface area contributed by atoms with Crippen molar-refractivity contribution in [3.63, 3.8) is 0 Å². The summed E-state index contributed by atoms with van der Waals surface area (Å²) < 4.78 is 6.69. The molecule has 1 fully saturated rings. The van der Waals surface area contributed by atoms with Gasteiger partial charge >= 0.3 is 0 Å². The minimum atomic E-state index is -0.0248. The minimum Gasteiger partial charge on any atom is -0.378 e. The standard InChI is InChI=1S/C17H24BrNO2/c1-13-8-9-16(18)15(12-13)17(20)19-10-5-11-21-14-6-3-2-4-7-14/h8-9,12,14H,2-7,10-11H2,1H3,(H,19,20). The summed E-state index contributed by atoms with van der Waals surface area (Å²) in [5.41, 5.74) is 1.78. The minimum absolute atomic E-state index is 0.0248. The van der Waals surface area contributed by atoms with Crippen molar-refractivity contribution in [2.24, 2.45) is 0 Å². The summed E-state index contributed by atoms with van der Waals surface area (Å²) in [6.45, 7) is 3.38. The second-order valence-corrected chi connectivity index (χ2v) is 6.58. The number of ether oxygens (including phenoxy) is 1. The molecule has 2 rings (SSSR count). The molecule has 1 saturated carbocycles. The molecule has 1 N–H and O–H groups in total. The first-order chi connectivity index (χ1) is 10.2. The van der Waals surface area contributed by atoms with Crippen molar-refractivity contribution < 1.29 is 9.53 Å². The summed E-state index contributed by atoms with van der Waals surface area (Å²) in [6.07, 6.45) is 7.64. The van der Waals surface area contributed by atoms with E-state index >= 15 is 0 Å². The fourth-order valence-electron chi connectivity index (χ4n) is 2.66. The van der Waals surface area contributed by atoms with E-state index in [9.17, 15) is 4.79 Å². The van der Waals surface area contributed by atoms with E-state index in [1.54, 1.807) is 0 Å². The molecule has 0 atom stereocenters. The van der Waals surface area contributed by atoms with Crippen LogP contribution < -0.4 is 5.32 Å². The van der Waals surface area contributed by atoms with E-state index in [0.29, 0.717) is 18.2 Å². The summed E-state index contributed by atoms with van der Waals surface area (Å²) in [6, 6.07) is 5.80. The van der Waals surface area contributed by atoms with Gasteiger partial charge in [-0.15, -0.1) is 0 Å². The zero-order valence-electron chi connectivity index (χ0n) is 12.7. The molecule has 0 bridgehead atoms. The number of carbonyl (C=O) groups excluding carboxylic acids is 1. The van der Waals surface area contributed by atoms with Gasteiger partial charge in [-0.1, -0.05) is 30.9 Å². The third-order valence-corrected chi connectivity index (χ3v) is 4.57. The van der Waals surface area contributed by atoms with Crippen LogP contribution in [0.3, 0.4) is 0 Å². The lowest BCUT2D eigenvalue weighted by atomic mass is 9.98. The lowest BCUT2D eigenvalue weighted by molar-refractivity contribution is 0.0273. The molecule has 1 aliphatic rings. The Balaban J connectivity index is 1.66. The highest BCUT2D eigenvalue weighted by Gasteiger charge is 2.13. The van der Waals surface area contributed by atoms with Gasteiger partial charge in [0.15, 0.2) is 0 Å². The van der Waals surface area contributed by atoms with Crippen molar-refractivity contribution in [1.29, 1.82) is 0 Å². The second-order valence-electron chi connectivity index (χ2n) is 5.72. The molecule has 0 aliphatic heterocycles. The van der Waals surface area contributed by atoms with Gasteiger partial charge < -0.3 is 10.1 Å². The first-order valence-corrected chi connectivity index (χ1v) is 8.62. The second kappa shape index (κ2) is 8.54. The number of aryl methyl sites for hydroxylation is 1. The summed E-state index contributed by atoms with van der Waals surface area (Å²) in [4.78, 5) is 12.1. The van der Waals surface area contributed by atoms with Crippen LogP contribution >= 0.6 is 15.9 Å². The van der Waals surface area contributed by atoms with Gasteiger partial charge in [0.25, 0.3) is 5.91 Å². The van der Waals surface area contributed by atoms with Crippen molar-refractivity contribution >= 4 is 21.8 Å². The van der Waals surface area contributed by atoms with Gasteiger partial charge in [0, 0.05) is 17.6 Å². The van der Waals surface area contributed by atoms with Gasteiger partial charge in [0.1, 0.15) is 0 Å². The van der Waals surface area contributed by atoms with E-state index < -0.39 is 0 Å². The van der Waals surface area contributed by atoms with Crippen LogP contribution in [0.25, 0.3) is 0 Å². The molecule has 0 saturated heterocycles. The average molecular weight is 354 g/mol. The molecule has 116 valence electrons. The first-order valence-electron chi connectivity index (χ1n) is 7.83. The van der Waals surface area contributed by atoms with Crippen LogP contribution in [0.5, 0.6) is 0 Å². The Morgan fingerprint density at radius 3 is 2.86 bits per heavy atom. The molecule has 1 aliphatic carbocycles. The molecule has 0 unspecified atom stereocenters. The Labute approximate surface area is 135 Å². The van der Waals surface area contributed by atoms with E-state index in [1.807, 2.05) is 25.1 Å². The summed E-state index contributed by atoms with van der Waals surface area (Å²) in [5, 5.41) is 2.96. The Morgan fingerprint density at radius 1 is 1.33 bits per heavy atom. The Kier molecular flexibility index (Phi) is 6.71. The fourth-order valence-corrected chi connectivity index (χ4v) is 3.09. The highest BCUT2D eigenvalue weighted by Crippen LogP contribution is 2.20. The SMILES string of the molecule is Cc1ccc(Br)c(C(=O)NCCCOC2CCCCC2)c1. The molecule has 0 heterocycles. The number of hydrogen-bond acceptors (Lipinski definition) is 2. The highest BCUT2D eigenvalue weighted by atomic mass is 79.9. The van der Waals surface area contributed by atoms with Crippen LogP contribution in [0.4, 0.5) is 0 Å². The van der Waals surface area contributed by atoms with Crippen molar-refractivity contribution in [1.82, 2.24) is 5.32 Å². The van der Waals surface area contributed by atoms with Gasteiger partial charge in [-0.2, -0.15) is 0 Å². The summed E-state index contributed by atoms with van der Waals surface area (Å²) in [7, 11) is 0. The average Bonchev–Trinajstić information content (AvgIpc) is 2.50. The number of halogens is 1. The van der Waals surface area contributed by atoms with Crippen LogP contribution in [0.1, 0.15) is 54.4 Å². The maximum Gasteiger partial charge on any atom is 0.252 e. The zero-order valence-corrected chi connectivity index (χ0v) is 14.2. The number of amides is 1. The number of nitrogens with one attached hydrogen (secondary N) is 1. The Bertz CT molecular complexity index is 470. The predicted molar refractivity (Wildman–Crippen MR) is 88.7 cm³/mol. The molecule has 1 amide bonds. The van der Waals surface area contributed by atoms with Crippen LogP contribution in [-0.4, -0.2) is 25.2 Å². The van der Waals surface area contributed by atoms with Crippen LogP contribution in [0.2, 0.25) is 0 Å². The van der Waals surface area contributed by atoms with Gasteiger partial charge in [-0.25, -0.2) is 0 Å². The fraction of sp³-hybridized carbons (Fsp3) is 0.588. The summed E-state index contributed by atoms with van der Waals surface area (Å²) in [5.74, 6) is -0.0248. The third kappa shape index (κ3) is 5.44. The monoisotopic (exact) mass is 353 g/mol. The van der Waals surface area contributed by atoms with E-state index in [4.69, 9.17) is 4.74 Å². The van der Waals surface area contributed by atoms with E-state index in [2.05, 4.69) is 21.2 Å². The maximum atomic E-state index is 12.1. The largest absolute Gasteiger partial charge is 0.378 e. The lowest BCUT2D eigenvalue weighted by Gasteiger charge is -2.21. The molecule has 0 spiro atoms. The number of hydrogen-bond donors (Lipinski definition) is 1. The topological polar surface area (TPSA) is 38.3 Å². The quantitative estimate of drug-likeness (QED) is 0.777. The van der Waals surface area contributed by atoms with E-state index in [0.717, 1.165) is 23.1 Å². The molecule has 0 aromatic heterocycles. The molecular weight excluding hydrogens is 330 g/mol. The molecule has 1 aromatic carbocycles. The highest BCUT2D eigenvalue weighted by molar-refractivity contribution is 9.10. The van der Waals surface area contributed by atoms with E-state index in [1.165, 1.54) is 32.1 Å². The Hall–Kier alpha value is -0.870. The maximum absolute atomic E-state index is 12.1. The van der Waals surface area contributed by atoms with Gasteiger partial charge in [0.2, 0.25) is 0 Å². The molecule has 21 heavy (non-hydrogen) atoms. The van der Waals surface area contributed by atoms with Gasteiger partial charge in [-0.3, -0.25) is 4.79 Å². The molecule has 0 radical (unpaired) electrons. The Morgan fingerprint density at radius 2 is 2.10 bits per heavy atom. The molecular formula is C17H24BrNO2. The van der Waals surface area contributed by atoms with E-state index in [-0.39, 0.29) is 5.91 Å². The smallest absolute Gasteiger partial charge is 0.252 e. The first kappa shape index (κ1) is 16.5. The molecule has 3 nitrogen and oxygen atoms in total. The third-order valence-electron chi connectivity index (χ3n) is 3.88. The van der Waals surface area contributed by atoms with Crippen molar-refractivity contribution in [2.45, 2.75) is 51.6 Å². The normalized spacial score (nSPS) is 15.9. The van der Waals surface area contributed by atoms with Gasteiger partial charge in [0.05, 0.1) is 11.7 Å². The molecule has 1 aromatic rings. The molecule has 4 heteroatoms. The summed E-state index contributed by atoms with van der Waals surface area (Å²) >= 11 is 3.42. The number of carbonyl (C=O) groups is 1. The van der Waals surface area contributed by atoms with Crippen LogP contribution in [0, 0.1) is 6.92 Å². The van der Waals surface area contributed by atoms with Gasteiger partial charge in [-0.05, 0) is 54.2 Å².